The molecule has 21 heavy (non-hydrogen) atoms. The highest BCUT2D eigenvalue weighted by atomic mass is 32.1. The Balaban J connectivity index is 1.74. The highest BCUT2D eigenvalue weighted by Gasteiger charge is 2.10. The molecule has 3 aromatic rings. The first-order valence-electron chi connectivity index (χ1n) is 6.37. The molecule has 7 heteroatoms. The van der Waals surface area contributed by atoms with Crippen molar-refractivity contribution in [3.8, 4) is 0 Å². The number of aromatic amines is 1. The van der Waals surface area contributed by atoms with E-state index in [1.54, 1.807) is 18.2 Å². The van der Waals surface area contributed by atoms with Gasteiger partial charge in [-0.2, -0.15) is 0 Å². The summed E-state index contributed by atoms with van der Waals surface area (Å²) in [6.45, 7) is 3.87. The molecule has 3 rings (SSSR count). The minimum atomic E-state index is -0.500. The fourth-order valence-corrected chi connectivity index (χ4v) is 2.81. The van der Waals surface area contributed by atoms with E-state index in [4.69, 9.17) is 4.42 Å². The third-order valence-corrected chi connectivity index (χ3v) is 4.11. The summed E-state index contributed by atoms with van der Waals surface area (Å²) in [6, 6.07) is 5.17. The number of amides is 1. The lowest BCUT2D eigenvalue weighted by Gasteiger charge is -2.01. The molecule has 0 fully saturated rings. The first kappa shape index (κ1) is 13.6. The minimum absolute atomic E-state index is 0.144. The highest BCUT2D eigenvalue weighted by molar-refractivity contribution is 7.15. The van der Waals surface area contributed by atoms with Gasteiger partial charge in [0, 0.05) is 4.88 Å². The Morgan fingerprint density at radius 3 is 2.95 bits per heavy atom. The van der Waals surface area contributed by atoms with Crippen LogP contribution in [0.1, 0.15) is 16.1 Å². The predicted octanol–water partition coefficient (Wildman–Crippen LogP) is 2.38. The van der Waals surface area contributed by atoms with Crippen LogP contribution in [0, 0.1) is 13.8 Å². The molecule has 0 unspecified atom stereocenters. The van der Waals surface area contributed by atoms with E-state index in [2.05, 4.69) is 15.3 Å². The van der Waals surface area contributed by atoms with Crippen molar-refractivity contribution >= 4 is 33.5 Å². The van der Waals surface area contributed by atoms with Gasteiger partial charge in [-0.25, -0.2) is 9.78 Å². The topological polar surface area (TPSA) is 88.0 Å². The van der Waals surface area contributed by atoms with Gasteiger partial charge in [0.2, 0.25) is 5.91 Å². The zero-order valence-corrected chi connectivity index (χ0v) is 12.3. The van der Waals surface area contributed by atoms with E-state index in [1.165, 1.54) is 11.3 Å². The van der Waals surface area contributed by atoms with Crippen LogP contribution < -0.4 is 11.1 Å². The summed E-state index contributed by atoms with van der Waals surface area (Å²) in [5.74, 6) is -0.644. The predicted molar refractivity (Wildman–Crippen MR) is 80.8 cm³/mol. The van der Waals surface area contributed by atoms with Crippen molar-refractivity contribution in [1.29, 1.82) is 0 Å². The third-order valence-electron chi connectivity index (χ3n) is 3.12. The van der Waals surface area contributed by atoms with Crippen LogP contribution in [0.15, 0.2) is 27.4 Å². The number of benzene rings is 1. The van der Waals surface area contributed by atoms with Crippen LogP contribution in [0.3, 0.4) is 0 Å². The van der Waals surface area contributed by atoms with E-state index < -0.39 is 5.76 Å². The Morgan fingerprint density at radius 1 is 1.43 bits per heavy atom. The monoisotopic (exact) mass is 303 g/mol. The van der Waals surface area contributed by atoms with Crippen LogP contribution in [0.4, 0.5) is 5.13 Å². The summed E-state index contributed by atoms with van der Waals surface area (Å²) in [5.41, 5.74) is 2.79. The van der Waals surface area contributed by atoms with Crippen molar-refractivity contribution in [3.05, 3.63) is 44.9 Å². The van der Waals surface area contributed by atoms with Gasteiger partial charge in [-0.3, -0.25) is 9.78 Å². The Hall–Kier alpha value is -2.41. The van der Waals surface area contributed by atoms with Gasteiger partial charge >= 0.3 is 5.76 Å². The number of H-pyrrole nitrogens is 1. The van der Waals surface area contributed by atoms with Gasteiger partial charge in [-0.1, -0.05) is 6.07 Å². The summed E-state index contributed by atoms with van der Waals surface area (Å²) in [7, 11) is 0. The molecule has 2 heterocycles. The fourth-order valence-electron chi connectivity index (χ4n) is 1.98. The lowest BCUT2D eigenvalue weighted by molar-refractivity contribution is -0.115. The molecule has 2 N–H and O–H groups in total. The average molecular weight is 303 g/mol. The van der Waals surface area contributed by atoms with Crippen molar-refractivity contribution in [1.82, 2.24) is 9.97 Å². The number of hydrogen-bond donors (Lipinski definition) is 2. The van der Waals surface area contributed by atoms with Crippen LogP contribution in [-0.2, 0) is 11.2 Å². The number of anilines is 1. The highest BCUT2D eigenvalue weighted by Crippen LogP contribution is 2.21. The van der Waals surface area contributed by atoms with E-state index in [1.807, 2.05) is 13.8 Å². The van der Waals surface area contributed by atoms with Gasteiger partial charge in [0.15, 0.2) is 10.7 Å². The first-order chi connectivity index (χ1) is 10.0. The molecule has 0 atom stereocenters. The average Bonchev–Trinajstić information content (AvgIpc) is 2.91. The summed E-state index contributed by atoms with van der Waals surface area (Å²) in [6.07, 6.45) is 0.209. The normalized spacial score (nSPS) is 11.0. The van der Waals surface area contributed by atoms with E-state index >= 15 is 0 Å². The Morgan fingerprint density at radius 2 is 2.24 bits per heavy atom. The van der Waals surface area contributed by atoms with Crippen molar-refractivity contribution in [2.75, 3.05) is 5.32 Å². The molecular weight excluding hydrogens is 290 g/mol. The molecule has 1 aromatic carbocycles. The second kappa shape index (κ2) is 5.17. The Bertz CT molecular complexity index is 856. The molecule has 0 saturated carbocycles. The zero-order chi connectivity index (χ0) is 15.0. The van der Waals surface area contributed by atoms with Crippen LogP contribution in [0.2, 0.25) is 0 Å². The van der Waals surface area contributed by atoms with E-state index in [0.29, 0.717) is 16.2 Å². The molecule has 0 aliphatic heterocycles. The number of hydrogen-bond acceptors (Lipinski definition) is 5. The zero-order valence-electron chi connectivity index (χ0n) is 11.5. The molecule has 1 amide bonds. The summed E-state index contributed by atoms with van der Waals surface area (Å²) < 4.78 is 4.92. The number of fused-ring (bicyclic) bond motifs is 1. The van der Waals surface area contributed by atoms with E-state index in [-0.39, 0.29) is 12.3 Å². The fraction of sp³-hybridized carbons (Fsp3) is 0.214. The Kier molecular flexibility index (Phi) is 3.34. The second-order valence-electron chi connectivity index (χ2n) is 4.73. The first-order valence-corrected chi connectivity index (χ1v) is 7.18. The molecular formula is C14H13N3O3S. The van der Waals surface area contributed by atoms with Crippen molar-refractivity contribution in [2.24, 2.45) is 0 Å². The largest absolute Gasteiger partial charge is 0.417 e. The molecule has 6 nitrogen and oxygen atoms in total. The molecule has 0 bridgehead atoms. The summed E-state index contributed by atoms with van der Waals surface area (Å²) >= 11 is 1.45. The maximum absolute atomic E-state index is 12.0. The summed E-state index contributed by atoms with van der Waals surface area (Å²) in [4.78, 5) is 31.0. The maximum atomic E-state index is 12.0. The van der Waals surface area contributed by atoms with Crippen molar-refractivity contribution < 1.29 is 9.21 Å². The number of rotatable bonds is 3. The van der Waals surface area contributed by atoms with Crippen LogP contribution >= 0.6 is 11.3 Å². The maximum Gasteiger partial charge on any atom is 0.417 e. The van der Waals surface area contributed by atoms with Crippen LogP contribution in [0.25, 0.3) is 11.1 Å². The molecule has 0 spiro atoms. The molecule has 0 aliphatic carbocycles. The van der Waals surface area contributed by atoms with Gasteiger partial charge in [-0.05, 0) is 31.5 Å². The lowest BCUT2D eigenvalue weighted by Crippen LogP contribution is -2.14. The Labute approximate surface area is 123 Å². The number of nitrogens with zero attached hydrogens (tertiary/aromatic N) is 1. The molecule has 108 valence electrons. The number of aryl methyl sites for hydroxylation is 2. The molecule has 0 saturated heterocycles. The second-order valence-corrected chi connectivity index (χ2v) is 5.93. The summed E-state index contributed by atoms with van der Waals surface area (Å²) in [5, 5.41) is 3.38. The van der Waals surface area contributed by atoms with Crippen molar-refractivity contribution in [2.45, 2.75) is 20.3 Å². The standard InChI is InChI=1S/C14H13N3O3S/c1-7-8(2)21-13(15-7)17-12(18)6-9-3-4-11-10(5-9)16-14(19)20-11/h3-5H,6H2,1-2H3,(H,16,19)(H,15,17,18). The van der Waals surface area contributed by atoms with E-state index in [0.717, 1.165) is 16.1 Å². The van der Waals surface area contributed by atoms with Gasteiger partial charge in [0.1, 0.15) is 0 Å². The van der Waals surface area contributed by atoms with Gasteiger partial charge in [-0.15, -0.1) is 11.3 Å². The van der Waals surface area contributed by atoms with E-state index in [9.17, 15) is 9.59 Å². The van der Waals surface area contributed by atoms with Gasteiger partial charge in [0.05, 0.1) is 17.6 Å². The number of oxazole rings is 1. The number of nitrogens with one attached hydrogen (secondary N) is 2. The van der Waals surface area contributed by atoms with Gasteiger partial charge < -0.3 is 9.73 Å². The minimum Gasteiger partial charge on any atom is -0.408 e. The van der Waals surface area contributed by atoms with Gasteiger partial charge in [0.25, 0.3) is 0 Å². The van der Waals surface area contributed by atoms with Crippen LogP contribution in [0.5, 0.6) is 0 Å². The molecule has 2 aromatic heterocycles. The lowest BCUT2D eigenvalue weighted by atomic mass is 10.1. The molecule has 0 radical (unpaired) electrons. The number of aromatic nitrogens is 2. The van der Waals surface area contributed by atoms with Crippen LogP contribution in [-0.4, -0.2) is 15.9 Å². The number of thiazole rings is 1. The SMILES string of the molecule is Cc1nc(NC(=O)Cc2ccc3oc(=O)[nH]c3c2)sc1C. The van der Waals surface area contributed by atoms with Crippen molar-refractivity contribution in [3.63, 3.8) is 0 Å². The molecule has 0 aliphatic rings. The number of carbonyl (C=O) groups is 1. The smallest absolute Gasteiger partial charge is 0.408 e. The quantitative estimate of drug-likeness (QED) is 0.777. The number of carbonyl (C=O) groups excluding carboxylic acids is 1. The third kappa shape index (κ3) is 2.87.